The number of nitrogens with zero attached hydrogens (tertiary/aromatic N) is 1. The summed E-state index contributed by atoms with van der Waals surface area (Å²) >= 11 is 1.47. The number of nitrogens with one attached hydrogen (secondary N) is 2. The fraction of sp³-hybridized carbons (Fsp3) is 0.368. The molecular formula is C19H23N3O4S. The summed E-state index contributed by atoms with van der Waals surface area (Å²) in [4.78, 5) is 25.5. The number of urea groups is 1. The number of unbranched alkanes of at least 4 members (excludes halogenated alkanes) is 1. The van der Waals surface area contributed by atoms with Crippen LogP contribution in [0.2, 0.25) is 0 Å². The summed E-state index contributed by atoms with van der Waals surface area (Å²) in [6.07, 6.45) is 1.34. The molecule has 0 radical (unpaired) electrons. The van der Waals surface area contributed by atoms with Crippen molar-refractivity contribution in [1.82, 2.24) is 5.32 Å². The summed E-state index contributed by atoms with van der Waals surface area (Å²) in [7, 11) is 0. The van der Waals surface area contributed by atoms with Gasteiger partial charge in [0.05, 0.1) is 19.7 Å². The Kier molecular flexibility index (Phi) is 6.54. The van der Waals surface area contributed by atoms with Crippen LogP contribution in [0.1, 0.15) is 19.8 Å². The van der Waals surface area contributed by atoms with E-state index in [2.05, 4.69) is 17.6 Å². The van der Waals surface area contributed by atoms with Crippen LogP contribution in [0.4, 0.5) is 20.3 Å². The second-order valence-electron chi connectivity index (χ2n) is 6.13. The summed E-state index contributed by atoms with van der Waals surface area (Å²) in [5.74, 6) is 0.779. The Balaban J connectivity index is 1.41. The van der Waals surface area contributed by atoms with Crippen molar-refractivity contribution in [2.24, 2.45) is 0 Å². The van der Waals surface area contributed by atoms with Crippen LogP contribution in [-0.2, 0) is 4.74 Å². The van der Waals surface area contributed by atoms with Crippen LogP contribution in [0.25, 0.3) is 0 Å². The van der Waals surface area contributed by atoms with Gasteiger partial charge in [-0.05, 0) is 48.2 Å². The fourth-order valence-electron chi connectivity index (χ4n) is 2.58. The lowest BCUT2D eigenvalue weighted by Crippen LogP contribution is -2.37. The Hall–Kier alpha value is -2.74. The van der Waals surface area contributed by atoms with Gasteiger partial charge in [0.1, 0.15) is 16.9 Å². The highest BCUT2D eigenvalue weighted by Crippen LogP contribution is 2.26. The third-order valence-electron chi connectivity index (χ3n) is 4.02. The van der Waals surface area contributed by atoms with E-state index in [0.717, 1.165) is 23.6 Å². The molecule has 0 aliphatic carbocycles. The number of thiophene rings is 1. The quantitative estimate of drug-likeness (QED) is 0.667. The number of anilines is 2. The Labute approximate surface area is 162 Å². The minimum absolute atomic E-state index is 0.248. The first kappa shape index (κ1) is 19.0. The lowest BCUT2D eigenvalue weighted by molar-refractivity contribution is 0.141. The van der Waals surface area contributed by atoms with Crippen LogP contribution >= 0.6 is 11.3 Å². The van der Waals surface area contributed by atoms with Crippen LogP contribution in [-0.4, -0.2) is 37.9 Å². The molecule has 1 saturated heterocycles. The number of hydrogen-bond acceptors (Lipinski definition) is 5. The van der Waals surface area contributed by atoms with Crippen molar-refractivity contribution in [2.75, 3.05) is 29.9 Å². The van der Waals surface area contributed by atoms with Gasteiger partial charge >= 0.3 is 12.1 Å². The smallest absolute Gasteiger partial charge is 0.415 e. The summed E-state index contributed by atoms with van der Waals surface area (Å²) < 4.78 is 10.9. The van der Waals surface area contributed by atoms with Crippen molar-refractivity contribution in [3.8, 4) is 5.75 Å². The van der Waals surface area contributed by atoms with Crippen molar-refractivity contribution < 1.29 is 19.1 Å². The predicted octanol–water partition coefficient (Wildman–Crippen LogP) is 4.07. The van der Waals surface area contributed by atoms with Crippen molar-refractivity contribution in [3.05, 3.63) is 41.8 Å². The molecule has 144 valence electrons. The molecule has 2 heterocycles. The van der Waals surface area contributed by atoms with Gasteiger partial charge in [0.15, 0.2) is 0 Å². The highest BCUT2D eigenvalue weighted by Gasteiger charge is 2.32. The summed E-state index contributed by atoms with van der Waals surface area (Å²) in [5, 5.41) is 8.23. The van der Waals surface area contributed by atoms with Gasteiger partial charge in [0.25, 0.3) is 0 Å². The normalized spacial score (nSPS) is 16.1. The molecule has 1 aromatic heterocycles. The van der Waals surface area contributed by atoms with E-state index in [1.54, 1.807) is 17.0 Å². The van der Waals surface area contributed by atoms with E-state index in [4.69, 9.17) is 9.47 Å². The third kappa shape index (κ3) is 5.37. The molecule has 7 nitrogen and oxygen atoms in total. The number of carbonyl (C=O) groups is 2. The first-order valence-electron chi connectivity index (χ1n) is 8.95. The van der Waals surface area contributed by atoms with E-state index in [1.165, 1.54) is 11.3 Å². The second kappa shape index (κ2) is 9.27. The maximum absolute atomic E-state index is 12.1. The van der Waals surface area contributed by atoms with Gasteiger partial charge in [-0.2, -0.15) is 0 Å². The molecule has 0 spiro atoms. The van der Waals surface area contributed by atoms with Crippen molar-refractivity contribution in [3.63, 3.8) is 0 Å². The Morgan fingerprint density at radius 2 is 2.15 bits per heavy atom. The zero-order valence-electron chi connectivity index (χ0n) is 15.1. The van der Waals surface area contributed by atoms with Crippen LogP contribution in [0.15, 0.2) is 41.8 Å². The van der Waals surface area contributed by atoms with E-state index < -0.39 is 0 Å². The van der Waals surface area contributed by atoms with E-state index in [9.17, 15) is 9.59 Å². The topological polar surface area (TPSA) is 79.9 Å². The second-order valence-corrected chi connectivity index (χ2v) is 7.06. The number of hydrogen-bond donors (Lipinski definition) is 2. The average molecular weight is 389 g/mol. The molecule has 1 aliphatic rings. The number of benzene rings is 1. The largest absolute Gasteiger partial charge is 0.494 e. The number of carbonyl (C=O) groups excluding carboxylic acids is 2. The molecule has 2 aromatic rings. The molecule has 1 atom stereocenters. The Bertz CT molecular complexity index is 749. The molecule has 1 unspecified atom stereocenters. The number of amides is 3. The molecule has 8 heteroatoms. The minimum atomic E-state index is -0.386. The molecule has 0 saturated carbocycles. The maximum atomic E-state index is 12.1. The first-order valence-corrected chi connectivity index (χ1v) is 9.83. The van der Waals surface area contributed by atoms with Gasteiger partial charge in [-0.1, -0.05) is 13.3 Å². The molecule has 1 fully saturated rings. The van der Waals surface area contributed by atoms with Crippen LogP contribution in [0, 0.1) is 0 Å². The van der Waals surface area contributed by atoms with Gasteiger partial charge < -0.3 is 20.1 Å². The van der Waals surface area contributed by atoms with Crippen LogP contribution < -0.4 is 20.3 Å². The molecule has 3 amide bonds. The van der Waals surface area contributed by atoms with Gasteiger partial charge in [0, 0.05) is 5.69 Å². The van der Waals surface area contributed by atoms with Gasteiger partial charge in [0.2, 0.25) is 0 Å². The monoisotopic (exact) mass is 389 g/mol. The van der Waals surface area contributed by atoms with Crippen molar-refractivity contribution >= 4 is 34.1 Å². The van der Waals surface area contributed by atoms with Gasteiger partial charge in [-0.15, -0.1) is 11.3 Å². The van der Waals surface area contributed by atoms with Gasteiger partial charge in [-0.3, -0.25) is 4.90 Å². The van der Waals surface area contributed by atoms with E-state index >= 15 is 0 Å². The molecule has 1 aliphatic heterocycles. The van der Waals surface area contributed by atoms with Crippen LogP contribution in [0.3, 0.4) is 0 Å². The number of ether oxygens (including phenoxy) is 2. The summed E-state index contributed by atoms with van der Waals surface area (Å²) in [6, 6.07) is 10.6. The standard InChI is InChI=1S/C19H23N3O4S/c1-2-3-10-25-15-8-6-14(7-9-15)21-18(23)20-12-16-13-22(19(24)26-16)17-5-4-11-27-17/h4-9,11,16H,2-3,10,12-13H2,1H3,(H2,20,21,23). The lowest BCUT2D eigenvalue weighted by Gasteiger charge is -2.12. The molecule has 3 rings (SSSR count). The zero-order valence-corrected chi connectivity index (χ0v) is 16.0. The zero-order chi connectivity index (χ0) is 19.1. The SMILES string of the molecule is CCCCOc1ccc(NC(=O)NCC2CN(c3cccs3)C(=O)O2)cc1. The predicted molar refractivity (Wildman–Crippen MR) is 106 cm³/mol. The van der Waals surface area contributed by atoms with E-state index in [0.29, 0.717) is 18.8 Å². The average Bonchev–Trinajstić information content (AvgIpc) is 3.31. The first-order chi connectivity index (χ1) is 13.2. The highest BCUT2D eigenvalue weighted by molar-refractivity contribution is 7.14. The number of cyclic esters (lactones) is 1. The molecule has 1 aromatic carbocycles. The van der Waals surface area contributed by atoms with E-state index in [1.807, 2.05) is 29.6 Å². The third-order valence-corrected chi connectivity index (χ3v) is 4.91. The fourth-order valence-corrected chi connectivity index (χ4v) is 3.31. The molecule has 2 N–H and O–H groups in total. The Morgan fingerprint density at radius 3 is 2.85 bits per heavy atom. The molecule has 27 heavy (non-hydrogen) atoms. The molecular weight excluding hydrogens is 366 g/mol. The van der Waals surface area contributed by atoms with Crippen molar-refractivity contribution in [1.29, 1.82) is 0 Å². The summed E-state index contributed by atoms with van der Waals surface area (Å²) in [5.41, 5.74) is 0.666. The lowest BCUT2D eigenvalue weighted by atomic mass is 10.3. The van der Waals surface area contributed by atoms with E-state index in [-0.39, 0.29) is 24.8 Å². The van der Waals surface area contributed by atoms with Gasteiger partial charge in [-0.25, -0.2) is 9.59 Å². The highest BCUT2D eigenvalue weighted by atomic mass is 32.1. The maximum Gasteiger partial charge on any atom is 0.415 e. The van der Waals surface area contributed by atoms with Crippen molar-refractivity contribution in [2.45, 2.75) is 25.9 Å². The molecule has 0 bridgehead atoms. The Morgan fingerprint density at radius 1 is 1.33 bits per heavy atom. The number of rotatable bonds is 8. The van der Waals surface area contributed by atoms with Crippen LogP contribution in [0.5, 0.6) is 5.75 Å². The minimum Gasteiger partial charge on any atom is -0.494 e. The summed E-state index contributed by atoms with van der Waals surface area (Å²) in [6.45, 7) is 3.47.